The van der Waals surface area contributed by atoms with E-state index < -0.39 is 5.56 Å². The SMILES string of the molecule is N#CCSc1nc2ccc(Cl)cc2c2nc(=O)c(-c3ccccc3)nn12. The number of hydrogen-bond donors (Lipinski definition) is 0. The van der Waals surface area contributed by atoms with E-state index in [1.54, 1.807) is 30.3 Å². The zero-order valence-electron chi connectivity index (χ0n) is 13.3. The first-order chi connectivity index (χ1) is 12.7. The van der Waals surface area contributed by atoms with Gasteiger partial charge in [0.1, 0.15) is 0 Å². The van der Waals surface area contributed by atoms with E-state index in [-0.39, 0.29) is 11.4 Å². The van der Waals surface area contributed by atoms with Crippen LogP contribution in [0.5, 0.6) is 0 Å². The quantitative estimate of drug-likeness (QED) is 0.307. The van der Waals surface area contributed by atoms with Gasteiger partial charge in [0, 0.05) is 16.0 Å². The Bertz CT molecular complexity index is 1230. The van der Waals surface area contributed by atoms with E-state index in [4.69, 9.17) is 16.9 Å². The number of halogens is 1. The fourth-order valence-electron chi connectivity index (χ4n) is 2.60. The van der Waals surface area contributed by atoms with E-state index in [1.165, 1.54) is 16.3 Å². The van der Waals surface area contributed by atoms with Crippen LogP contribution in [0.15, 0.2) is 58.5 Å². The molecule has 126 valence electrons. The Labute approximate surface area is 157 Å². The molecule has 0 aliphatic heterocycles. The first-order valence-corrected chi connectivity index (χ1v) is 8.99. The largest absolute Gasteiger partial charge is 0.300 e. The average molecular weight is 380 g/mol. The Morgan fingerprint density at radius 2 is 1.96 bits per heavy atom. The van der Waals surface area contributed by atoms with Crippen molar-refractivity contribution in [1.82, 2.24) is 19.6 Å². The van der Waals surface area contributed by atoms with E-state index >= 15 is 0 Å². The highest BCUT2D eigenvalue weighted by atomic mass is 35.5. The maximum atomic E-state index is 12.6. The number of aromatic nitrogens is 4. The van der Waals surface area contributed by atoms with Crippen molar-refractivity contribution in [2.75, 3.05) is 5.75 Å². The third-order valence-corrected chi connectivity index (χ3v) is 4.75. The summed E-state index contributed by atoms with van der Waals surface area (Å²) in [4.78, 5) is 21.4. The van der Waals surface area contributed by atoms with Gasteiger partial charge in [-0.1, -0.05) is 53.7 Å². The van der Waals surface area contributed by atoms with Crippen LogP contribution in [0.4, 0.5) is 0 Å². The molecule has 26 heavy (non-hydrogen) atoms. The molecule has 4 aromatic rings. The standard InChI is InChI=1S/C18H10ClN5OS/c19-12-6-7-14-13(10-12)16-22-17(25)15(11-4-2-1-3-5-11)23-24(16)18(21-14)26-9-8-20/h1-7,10H,9H2. The molecule has 6 nitrogen and oxygen atoms in total. The molecule has 0 amide bonds. The highest BCUT2D eigenvalue weighted by Gasteiger charge is 2.15. The molecular formula is C18H10ClN5OS. The van der Waals surface area contributed by atoms with Gasteiger partial charge in [-0.05, 0) is 18.2 Å². The molecule has 0 bridgehead atoms. The van der Waals surface area contributed by atoms with Crippen LogP contribution < -0.4 is 5.56 Å². The topological polar surface area (TPSA) is 83.9 Å². The first-order valence-electron chi connectivity index (χ1n) is 7.63. The van der Waals surface area contributed by atoms with E-state index in [0.29, 0.717) is 32.3 Å². The molecule has 0 unspecified atom stereocenters. The monoisotopic (exact) mass is 379 g/mol. The zero-order chi connectivity index (χ0) is 18.1. The van der Waals surface area contributed by atoms with Gasteiger partial charge in [0.25, 0.3) is 5.56 Å². The number of nitrogens with zero attached hydrogens (tertiary/aromatic N) is 5. The summed E-state index contributed by atoms with van der Waals surface area (Å²) < 4.78 is 1.50. The maximum absolute atomic E-state index is 12.6. The molecule has 0 N–H and O–H groups in total. The van der Waals surface area contributed by atoms with Gasteiger partial charge in [-0.3, -0.25) is 4.79 Å². The minimum Gasteiger partial charge on any atom is -0.265 e. The van der Waals surface area contributed by atoms with Crippen LogP contribution in [0.25, 0.3) is 27.8 Å². The van der Waals surface area contributed by atoms with Gasteiger partial charge in [0.15, 0.2) is 16.5 Å². The summed E-state index contributed by atoms with van der Waals surface area (Å²) in [6, 6.07) is 16.4. The van der Waals surface area contributed by atoms with Crippen LogP contribution in [0.1, 0.15) is 0 Å². The number of rotatable bonds is 3. The molecule has 0 saturated heterocycles. The Balaban J connectivity index is 2.09. The lowest BCUT2D eigenvalue weighted by atomic mass is 10.2. The molecule has 8 heteroatoms. The number of hydrogen-bond acceptors (Lipinski definition) is 6. The van der Waals surface area contributed by atoms with Gasteiger partial charge in [0.2, 0.25) is 0 Å². The molecular weight excluding hydrogens is 370 g/mol. The summed E-state index contributed by atoms with van der Waals surface area (Å²) in [7, 11) is 0. The van der Waals surface area contributed by atoms with Crippen LogP contribution in [-0.4, -0.2) is 25.3 Å². The van der Waals surface area contributed by atoms with Crippen LogP contribution in [0, 0.1) is 11.3 Å². The van der Waals surface area contributed by atoms with E-state index in [9.17, 15) is 4.79 Å². The summed E-state index contributed by atoms with van der Waals surface area (Å²) in [5, 5.41) is 15.0. The third-order valence-electron chi connectivity index (χ3n) is 3.72. The molecule has 0 radical (unpaired) electrons. The summed E-state index contributed by atoms with van der Waals surface area (Å²) in [6.07, 6.45) is 0. The summed E-state index contributed by atoms with van der Waals surface area (Å²) in [5.74, 6) is 0.204. The van der Waals surface area contributed by atoms with Gasteiger partial charge >= 0.3 is 0 Å². The number of thioether (sulfide) groups is 1. The maximum Gasteiger partial charge on any atom is 0.300 e. The van der Waals surface area contributed by atoms with Crippen molar-refractivity contribution in [3.05, 3.63) is 63.9 Å². The van der Waals surface area contributed by atoms with Gasteiger partial charge in [-0.25, -0.2) is 4.98 Å². The van der Waals surface area contributed by atoms with Crippen molar-refractivity contribution in [3.63, 3.8) is 0 Å². The average Bonchev–Trinajstić information content (AvgIpc) is 2.66. The summed E-state index contributed by atoms with van der Waals surface area (Å²) >= 11 is 7.33. The van der Waals surface area contributed by atoms with Gasteiger partial charge in [-0.15, -0.1) is 0 Å². The molecule has 2 aromatic heterocycles. The van der Waals surface area contributed by atoms with Crippen molar-refractivity contribution in [2.45, 2.75) is 5.16 Å². The zero-order valence-corrected chi connectivity index (χ0v) is 14.8. The van der Waals surface area contributed by atoms with Crippen LogP contribution >= 0.6 is 23.4 Å². The lowest BCUT2D eigenvalue weighted by Crippen LogP contribution is -2.17. The molecule has 0 aliphatic carbocycles. The fraction of sp³-hybridized carbons (Fsp3) is 0.0556. The second kappa shape index (κ2) is 6.75. The van der Waals surface area contributed by atoms with Crippen molar-refractivity contribution in [1.29, 1.82) is 5.26 Å². The molecule has 0 saturated carbocycles. The normalized spacial score (nSPS) is 10.9. The highest BCUT2D eigenvalue weighted by molar-refractivity contribution is 7.99. The first kappa shape index (κ1) is 16.5. The molecule has 2 heterocycles. The second-order valence-electron chi connectivity index (χ2n) is 5.37. The predicted molar refractivity (Wildman–Crippen MR) is 101 cm³/mol. The molecule has 0 spiro atoms. The van der Waals surface area contributed by atoms with Crippen molar-refractivity contribution < 1.29 is 0 Å². The molecule has 2 aromatic carbocycles. The highest BCUT2D eigenvalue weighted by Crippen LogP contribution is 2.26. The molecule has 4 rings (SSSR count). The molecule has 0 atom stereocenters. The van der Waals surface area contributed by atoms with Crippen LogP contribution in [-0.2, 0) is 0 Å². The number of benzene rings is 2. The van der Waals surface area contributed by atoms with E-state index in [1.807, 2.05) is 18.2 Å². The van der Waals surface area contributed by atoms with E-state index in [0.717, 1.165) is 0 Å². The Hall–Kier alpha value is -2.95. The Morgan fingerprint density at radius 3 is 2.73 bits per heavy atom. The Kier molecular flexibility index (Phi) is 4.29. The number of nitriles is 1. The van der Waals surface area contributed by atoms with Crippen LogP contribution in [0.3, 0.4) is 0 Å². The van der Waals surface area contributed by atoms with Gasteiger partial charge < -0.3 is 0 Å². The minimum absolute atomic E-state index is 0.204. The predicted octanol–water partition coefficient (Wildman–Crippen LogP) is 3.57. The van der Waals surface area contributed by atoms with E-state index in [2.05, 4.69) is 21.1 Å². The third kappa shape index (κ3) is 2.90. The van der Waals surface area contributed by atoms with Crippen LogP contribution in [0.2, 0.25) is 5.02 Å². The van der Waals surface area contributed by atoms with Gasteiger partial charge in [0.05, 0.1) is 17.3 Å². The lowest BCUT2D eigenvalue weighted by Gasteiger charge is -2.10. The summed E-state index contributed by atoms with van der Waals surface area (Å²) in [6.45, 7) is 0. The van der Waals surface area contributed by atoms with Crippen molar-refractivity contribution in [3.8, 4) is 17.3 Å². The lowest BCUT2D eigenvalue weighted by molar-refractivity contribution is 0.770. The minimum atomic E-state index is -0.431. The fourth-order valence-corrected chi connectivity index (χ4v) is 3.38. The second-order valence-corrected chi connectivity index (χ2v) is 6.75. The smallest absolute Gasteiger partial charge is 0.265 e. The van der Waals surface area contributed by atoms with Crippen molar-refractivity contribution >= 4 is 39.9 Å². The van der Waals surface area contributed by atoms with Crippen molar-refractivity contribution in [2.24, 2.45) is 0 Å². The summed E-state index contributed by atoms with van der Waals surface area (Å²) in [5.41, 5.74) is 1.46. The molecule has 0 fully saturated rings. The molecule has 0 aliphatic rings. The van der Waals surface area contributed by atoms with Gasteiger partial charge in [-0.2, -0.15) is 19.9 Å². The number of fused-ring (bicyclic) bond motifs is 3. The Morgan fingerprint density at radius 1 is 1.15 bits per heavy atom.